The van der Waals surface area contributed by atoms with Crippen molar-refractivity contribution in [1.29, 1.82) is 0 Å². The van der Waals surface area contributed by atoms with E-state index in [-0.39, 0.29) is 5.91 Å². The normalized spacial score (nSPS) is 29.1. The van der Waals surface area contributed by atoms with Crippen molar-refractivity contribution >= 4 is 5.91 Å². The van der Waals surface area contributed by atoms with E-state index in [0.29, 0.717) is 6.04 Å². The van der Waals surface area contributed by atoms with Gasteiger partial charge in [-0.3, -0.25) is 4.79 Å². The van der Waals surface area contributed by atoms with E-state index < -0.39 is 5.54 Å². The Balaban J connectivity index is 2.65. The van der Waals surface area contributed by atoms with E-state index in [0.717, 1.165) is 25.3 Å². The second kappa shape index (κ2) is 3.89. The van der Waals surface area contributed by atoms with E-state index in [1.165, 1.54) is 0 Å². The Morgan fingerprint density at radius 2 is 2.00 bits per heavy atom. The number of carbonyl (C=O) groups is 1. The molecule has 0 aromatic carbocycles. The Bertz CT molecular complexity index is 220. The van der Waals surface area contributed by atoms with Gasteiger partial charge in [0.1, 0.15) is 0 Å². The van der Waals surface area contributed by atoms with Crippen LogP contribution in [0.2, 0.25) is 0 Å². The molecule has 1 aliphatic heterocycles. The summed E-state index contributed by atoms with van der Waals surface area (Å²) in [5.74, 6) is 0.812. The number of rotatable bonds is 1. The first-order valence-corrected chi connectivity index (χ1v) is 5.42. The molecular weight excluding hydrogens is 176 g/mol. The summed E-state index contributed by atoms with van der Waals surface area (Å²) in [5, 5.41) is 0. The molecule has 0 bridgehead atoms. The van der Waals surface area contributed by atoms with Crippen molar-refractivity contribution < 1.29 is 4.79 Å². The summed E-state index contributed by atoms with van der Waals surface area (Å²) < 4.78 is 0. The predicted molar refractivity (Wildman–Crippen MR) is 57.8 cm³/mol. The van der Waals surface area contributed by atoms with E-state index >= 15 is 0 Å². The number of amides is 1. The van der Waals surface area contributed by atoms with E-state index in [9.17, 15) is 4.79 Å². The first-order valence-electron chi connectivity index (χ1n) is 5.42. The Morgan fingerprint density at radius 3 is 2.43 bits per heavy atom. The zero-order chi connectivity index (χ0) is 10.9. The quantitative estimate of drug-likeness (QED) is 0.691. The molecule has 0 aliphatic carbocycles. The summed E-state index contributed by atoms with van der Waals surface area (Å²) in [4.78, 5) is 13.9. The van der Waals surface area contributed by atoms with Crippen LogP contribution >= 0.6 is 0 Å². The summed E-state index contributed by atoms with van der Waals surface area (Å²) in [5.41, 5.74) is 5.09. The number of nitrogens with two attached hydrogens (primary N) is 1. The molecule has 1 aliphatic rings. The maximum Gasteiger partial charge on any atom is 0.242 e. The highest BCUT2D eigenvalue weighted by Crippen LogP contribution is 2.23. The number of nitrogens with zero attached hydrogens (tertiary/aromatic N) is 1. The van der Waals surface area contributed by atoms with Gasteiger partial charge in [-0.2, -0.15) is 0 Å². The highest BCUT2D eigenvalue weighted by molar-refractivity contribution is 5.85. The molecule has 0 aromatic rings. The lowest BCUT2D eigenvalue weighted by atomic mass is 9.91. The maximum atomic E-state index is 11.9. The van der Waals surface area contributed by atoms with Gasteiger partial charge in [0.05, 0.1) is 5.54 Å². The van der Waals surface area contributed by atoms with Gasteiger partial charge in [0, 0.05) is 12.6 Å². The van der Waals surface area contributed by atoms with Crippen LogP contribution in [0.15, 0.2) is 0 Å². The molecule has 1 fully saturated rings. The van der Waals surface area contributed by atoms with Gasteiger partial charge in [0.2, 0.25) is 5.91 Å². The fourth-order valence-electron chi connectivity index (χ4n) is 2.08. The summed E-state index contributed by atoms with van der Waals surface area (Å²) in [6.07, 6.45) is 2.20. The molecule has 1 heterocycles. The third kappa shape index (κ3) is 2.47. The van der Waals surface area contributed by atoms with E-state index in [1.807, 2.05) is 4.90 Å². The molecule has 0 spiro atoms. The van der Waals surface area contributed by atoms with Crippen LogP contribution in [-0.4, -0.2) is 28.9 Å². The minimum Gasteiger partial charge on any atom is -0.338 e. The number of carbonyl (C=O) groups excluding carboxylic acids is 1. The fourth-order valence-corrected chi connectivity index (χ4v) is 2.08. The fraction of sp³-hybridized carbons (Fsp3) is 0.909. The molecule has 3 heteroatoms. The van der Waals surface area contributed by atoms with Crippen molar-refractivity contribution in [2.75, 3.05) is 6.54 Å². The summed E-state index contributed by atoms with van der Waals surface area (Å²) in [6, 6.07) is 0.342. The topological polar surface area (TPSA) is 46.3 Å². The monoisotopic (exact) mass is 198 g/mol. The first-order chi connectivity index (χ1) is 6.32. The second-order valence-electron chi connectivity index (χ2n) is 5.20. The minimum absolute atomic E-state index is 0.0805. The first kappa shape index (κ1) is 11.5. The van der Waals surface area contributed by atoms with Crippen molar-refractivity contribution in [3.63, 3.8) is 0 Å². The van der Waals surface area contributed by atoms with Crippen molar-refractivity contribution in [3.05, 3.63) is 0 Å². The lowest BCUT2D eigenvalue weighted by molar-refractivity contribution is -0.139. The van der Waals surface area contributed by atoms with Crippen LogP contribution in [0.5, 0.6) is 0 Å². The Hall–Kier alpha value is -0.570. The minimum atomic E-state index is -0.727. The molecule has 14 heavy (non-hydrogen) atoms. The van der Waals surface area contributed by atoms with Crippen LogP contribution < -0.4 is 5.73 Å². The summed E-state index contributed by atoms with van der Waals surface area (Å²) in [7, 11) is 0. The van der Waals surface area contributed by atoms with Crippen molar-refractivity contribution in [3.8, 4) is 0 Å². The Kier molecular flexibility index (Phi) is 3.20. The molecule has 2 N–H and O–H groups in total. The van der Waals surface area contributed by atoms with Crippen molar-refractivity contribution in [1.82, 2.24) is 4.90 Å². The summed E-state index contributed by atoms with van der Waals surface area (Å²) >= 11 is 0. The van der Waals surface area contributed by atoms with Gasteiger partial charge in [0.15, 0.2) is 0 Å². The standard InChI is InChI=1S/C11H22N2O/c1-8-5-6-13(9(2)7-8)10(14)11(3,4)12/h8-9H,5-7,12H2,1-4H3. The number of likely N-dealkylation sites (tertiary alicyclic amines) is 1. The molecule has 0 saturated carbocycles. The maximum absolute atomic E-state index is 11.9. The van der Waals surface area contributed by atoms with E-state index in [4.69, 9.17) is 5.73 Å². The molecule has 1 rings (SSSR count). The van der Waals surface area contributed by atoms with Gasteiger partial charge >= 0.3 is 0 Å². The van der Waals surface area contributed by atoms with Crippen LogP contribution in [0.4, 0.5) is 0 Å². The van der Waals surface area contributed by atoms with Gasteiger partial charge in [-0.1, -0.05) is 6.92 Å². The van der Waals surface area contributed by atoms with Crippen molar-refractivity contribution in [2.24, 2.45) is 11.7 Å². The predicted octanol–water partition coefficient (Wildman–Crippen LogP) is 1.37. The van der Waals surface area contributed by atoms with Gasteiger partial charge in [-0.05, 0) is 39.5 Å². The van der Waals surface area contributed by atoms with E-state index in [2.05, 4.69) is 13.8 Å². The number of piperidine rings is 1. The molecule has 82 valence electrons. The lowest BCUT2D eigenvalue weighted by Gasteiger charge is -2.39. The van der Waals surface area contributed by atoms with Gasteiger partial charge in [-0.15, -0.1) is 0 Å². The zero-order valence-corrected chi connectivity index (χ0v) is 9.71. The van der Waals surface area contributed by atoms with Crippen LogP contribution in [0.3, 0.4) is 0 Å². The molecule has 0 aromatic heterocycles. The third-order valence-corrected chi connectivity index (χ3v) is 2.95. The number of hydrogen-bond acceptors (Lipinski definition) is 2. The van der Waals surface area contributed by atoms with Crippen LogP contribution in [0.1, 0.15) is 40.5 Å². The van der Waals surface area contributed by atoms with Gasteiger partial charge in [-0.25, -0.2) is 0 Å². The highest BCUT2D eigenvalue weighted by atomic mass is 16.2. The SMILES string of the molecule is CC1CCN(C(=O)C(C)(C)N)C(C)C1. The molecular formula is C11H22N2O. The molecule has 3 nitrogen and oxygen atoms in total. The van der Waals surface area contributed by atoms with E-state index in [1.54, 1.807) is 13.8 Å². The van der Waals surface area contributed by atoms with Crippen LogP contribution in [0, 0.1) is 5.92 Å². The van der Waals surface area contributed by atoms with Gasteiger partial charge in [0.25, 0.3) is 0 Å². The lowest BCUT2D eigenvalue weighted by Crippen LogP contribution is -2.55. The molecule has 0 radical (unpaired) electrons. The number of hydrogen-bond donors (Lipinski definition) is 1. The molecule has 2 unspecified atom stereocenters. The Morgan fingerprint density at radius 1 is 1.43 bits per heavy atom. The van der Waals surface area contributed by atoms with Crippen LogP contribution in [-0.2, 0) is 4.79 Å². The smallest absolute Gasteiger partial charge is 0.242 e. The largest absolute Gasteiger partial charge is 0.338 e. The highest BCUT2D eigenvalue weighted by Gasteiger charge is 2.33. The average Bonchev–Trinajstić information content (AvgIpc) is 2.01. The Labute approximate surface area is 86.6 Å². The molecule has 1 saturated heterocycles. The van der Waals surface area contributed by atoms with Gasteiger partial charge < -0.3 is 10.6 Å². The third-order valence-electron chi connectivity index (χ3n) is 2.95. The van der Waals surface area contributed by atoms with Crippen LogP contribution in [0.25, 0.3) is 0 Å². The zero-order valence-electron chi connectivity index (χ0n) is 9.71. The average molecular weight is 198 g/mol. The summed E-state index contributed by atoms with van der Waals surface area (Å²) in [6.45, 7) is 8.77. The molecule has 1 amide bonds. The second-order valence-corrected chi connectivity index (χ2v) is 5.20. The van der Waals surface area contributed by atoms with Crippen molar-refractivity contribution in [2.45, 2.75) is 52.1 Å². The molecule has 2 atom stereocenters.